The van der Waals surface area contributed by atoms with Crippen molar-refractivity contribution in [1.82, 2.24) is 0 Å². The van der Waals surface area contributed by atoms with Crippen LogP contribution in [0.2, 0.25) is 0 Å². The predicted octanol–water partition coefficient (Wildman–Crippen LogP) is 9.01. The number of carbonyl (C=O) groups is 1. The zero-order valence-electron chi connectivity index (χ0n) is 28.6. The van der Waals surface area contributed by atoms with Crippen molar-refractivity contribution >= 4 is 11.6 Å². The van der Waals surface area contributed by atoms with Gasteiger partial charge in [-0.25, -0.2) is 0 Å². The molecular weight excluding hydrogens is 634 g/mol. The molecule has 256 valence electrons. The van der Waals surface area contributed by atoms with Gasteiger partial charge in [0.15, 0.2) is 6.29 Å². The maximum atomic E-state index is 15.7. The summed E-state index contributed by atoms with van der Waals surface area (Å²) >= 11 is 0. The van der Waals surface area contributed by atoms with Crippen molar-refractivity contribution in [2.45, 2.75) is 44.3 Å². The van der Waals surface area contributed by atoms with Crippen molar-refractivity contribution in [1.29, 1.82) is 0 Å². The summed E-state index contributed by atoms with van der Waals surface area (Å²) in [6, 6.07) is 53.1. The Kier molecular flexibility index (Phi) is 10.2. The molecule has 1 heterocycles. The van der Waals surface area contributed by atoms with E-state index in [2.05, 4.69) is 24.3 Å². The lowest BCUT2D eigenvalue weighted by Crippen LogP contribution is -2.45. The summed E-state index contributed by atoms with van der Waals surface area (Å²) in [7, 11) is 0. The summed E-state index contributed by atoms with van der Waals surface area (Å²) in [5.74, 6) is 0.921. The average Bonchev–Trinajstić information content (AvgIpc) is 3.42. The fourth-order valence-electron chi connectivity index (χ4n) is 7.11. The van der Waals surface area contributed by atoms with Gasteiger partial charge in [0.1, 0.15) is 30.1 Å². The number of anilines is 1. The number of benzene rings is 6. The van der Waals surface area contributed by atoms with Crippen molar-refractivity contribution in [3.8, 4) is 11.5 Å². The Labute approximate surface area is 299 Å². The number of nitrogens with zero attached hydrogens (tertiary/aromatic N) is 1. The third-order valence-corrected chi connectivity index (χ3v) is 9.43. The van der Waals surface area contributed by atoms with Crippen molar-refractivity contribution < 1.29 is 24.1 Å². The molecule has 6 heteroatoms. The van der Waals surface area contributed by atoms with Crippen LogP contribution in [0.25, 0.3) is 0 Å². The molecule has 6 aromatic carbocycles. The van der Waals surface area contributed by atoms with Crippen LogP contribution < -0.4 is 14.4 Å². The predicted molar refractivity (Wildman–Crippen MR) is 200 cm³/mol. The van der Waals surface area contributed by atoms with Gasteiger partial charge in [-0.1, -0.05) is 146 Å². The van der Waals surface area contributed by atoms with Crippen LogP contribution in [-0.2, 0) is 28.2 Å². The molecule has 6 nitrogen and oxygen atoms in total. The number of aliphatic hydroxyl groups excluding tert-OH is 1. The van der Waals surface area contributed by atoms with Gasteiger partial charge in [-0.15, -0.1) is 0 Å². The van der Waals surface area contributed by atoms with Gasteiger partial charge in [0.25, 0.3) is 0 Å². The summed E-state index contributed by atoms with van der Waals surface area (Å²) < 4.78 is 18.7. The molecule has 0 fully saturated rings. The van der Waals surface area contributed by atoms with Crippen molar-refractivity contribution in [3.05, 3.63) is 197 Å². The van der Waals surface area contributed by atoms with E-state index in [1.807, 2.05) is 151 Å². The van der Waals surface area contributed by atoms with Crippen molar-refractivity contribution in [2.24, 2.45) is 0 Å². The number of hydrogen-bond acceptors (Lipinski definition) is 5. The molecule has 0 saturated heterocycles. The number of amides is 1. The number of para-hydroxylation sites is 1. The van der Waals surface area contributed by atoms with Crippen LogP contribution in [0.1, 0.15) is 52.8 Å². The van der Waals surface area contributed by atoms with Gasteiger partial charge in [0.2, 0.25) is 5.91 Å². The summed E-state index contributed by atoms with van der Waals surface area (Å²) in [6.45, 7) is 2.77. The highest BCUT2D eigenvalue weighted by molar-refractivity contribution is 6.11. The third kappa shape index (κ3) is 7.02. The van der Waals surface area contributed by atoms with Gasteiger partial charge >= 0.3 is 0 Å². The maximum Gasteiger partial charge on any atom is 0.243 e. The Morgan fingerprint density at radius 2 is 1.16 bits per heavy atom. The van der Waals surface area contributed by atoms with Gasteiger partial charge < -0.3 is 19.3 Å². The van der Waals surface area contributed by atoms with Crippen LogP contribution in [-0.4, -0.2) is 23.9 Å². The normalized spacial score (nSPS) is 15.8. The minimum atomic E-state index is -1.36. The maximum absolute atomic E-state index is 15.7. The molecule has 1 amide bonds. The molecule has 0 aliphatic carbocycles. The number of fused-ring (bicyclic) bond motifs is 1. The highest BCUT2D eigenvalue weighted by Gasteiger charge is 2.56. The highest BCUT2D eigenvalue weighted by Crippen LogP contribution is 2.55. The molecule has 0 radical (unpaired) electrons. The van der Waals surface area contributed by atoms with E-state index in [1.165, 1.54) is 0 Å². The molecule has 0 saturated carbocycles. The van der Waals surface area contributed by atoms with Gasteiger partial charge in [-0.05, 0) is 46.9 Å². The molecule has 0 bridgehead atoms. The molecule has 0 aromatic heterocycles. The first-order chi connectivity index (χ1) is 25.1. The second-order valence-corrected chi connectivity index (χ2v) is 12.6. The van der Waals surface area contributed by atoms with E-state index in [1.54, 1.807) is 0 Å². The zero-order valence-corrected chi connectivity index (χ0v) is 28.6. The number of ether oxygens (including phenoxy) is 3. The minimum Gasteiger partial charge on any atom is -0.489 e. The van der Waals surface area contributed by atoms with Crippen LogP contribution in [0.5, 0.6) is 11.5 Å². The fraction of sp³-hybridized carbons (Fsp3) is 0.178. The standard InChI is InChI=1S/C45H41NO5/c1-2-49-42(47)30-45(39-28-27-37(50-31-33-17-7-3-8-18-33)29-41(39)51-32-34-19-9-4-10-20-34)38-25-15-16-26-40(38)46(44(45)48)43(35-21-11-5-12-22-35)36-23-13-6-14-24-36/h3-29,42-43,47H,2,30-32H2,1H3. The second kappa shape index (κ2) is 15.5. The molecule has 51 heavy (non-hydrogen) atoms. The molecule has 0 spiro atoms. The van der Waals surface area contributed by atoms with E-state index in [0.717, 1.165) is 33.5 Å². The van der Waals surface area contributed by atoms with E-state index in [-0.39, 0.29) is 25.5 Å². The van der Waals surface area contributed by atoms with Crippen LogP contribution in [0, 0.1) is 0 Å². The van der Waals surface area contributed by atoms with Gasteiger partial charge in [-0.2, -0.15) is 0 Å². The Morgan fingerprint density at radius 3 is 1.75 bits per heavy atom. The van der Waals surface area contributed by atoms with E-state index < -0.39 is 17.7 Å². The first-order valence-corrected chi connectivity index (χ1v) is 17.4. The largest absolute Gasteiger partial charge is 0.489 e. The Balaban J connectivity index is 1.40. The van der Waals surface area contributed by atoms with E-state index in [4.69, 9.17) is 14.2 Å². The SMILES string of the molecule is CCOC(O)CC1(c2ccc(OCc3ccccc3)cc2OCc2ccccc2)C(=O)N(C(c2ccccc2)c2ccccc2)c2ccccc21. The van der Waals surface area contributed by atoms with E-state index in [9.17, 15) is 5.11 Å². The number of carbonyl (C=O) groups excluding carboxylic acids is 1. The van der Waals surface area contributed by atoms with Crippen LogP contribution in [0.4, 0.5) is 5.69 Å². The summed E-state index contributed by atoms with van der Waals surface area (Å²) in [6.07, 6.45) is -1.25. The average molecular weight is 676 g/mol. The first-order valence-electron chi connectivity index (χ1n) is 17.4. The van der Waals surface area contributed by atoms with E-state index >= 15 is 4.79 Å². The summed E-state index contributed by atoms with van der Waals surface area (Å²) in [5, 5.41) is 11.4. The Bertz CT molecular complexity index is 2000. The molecule has 2 unspecified atom stereocenters. The van der Waals surface area contributed by atoms with Gasteiger partial charge in [0.05, 0.1) is 6.04 Å². The van der Waals surface area contributed by atoms with Crippen LogP contribution in [0.15, 0.2) is 164 Å². The lowest BCUT2D eigenvalue weighted by atomic mass is 9.72. The molecular formula is C45H41NO5. The quantitative estimate of drug-likeness (QED) is 0.117. The molecule has 1 aliphatic heterocycles. The fourth-order valence-corrected chi connectivity index (χ4v) is 7.11. The third-order valence-electron chi connectivity index (χ3n) is 9.43. The van der Waals surface area contributed by atoms with E-state index in [0.29, 0.717) is 23.7 Å². The zero-order chi connectivity index (χ0) is 35.0. The van der Waals surface area contributed by atoms with Gasteiger partial charge in [-0.3, -0.25) is 9.69 Å². The Hall–Kier alpha value is -5.69. The number of aliphatic hydroxyl groups is 1. The first kappa shape index (κ1) is 33.8. The van der Waals surface area contributed by atoms with Gasteiger partial charge in [0, 0.05) is 30.3 Å². The molecule has 6 aromatic rings. The Morgan fingerprint density at radius 1 is 0.627 bits per heavy atom. The monoisotopic (exact) mass is 675 g/mol. The topological polar surface area (TPSA) is 68.2 Å². The molecule has 1 aliphatic rings. The second-order valence-electron chi connectivity index (χ2n) is 12.6. The van der Waals surface area contributed by atoms with Crippen molar-refractivity contribution in [3.63, 3.8) is 0 Å². The van der Waals surface area contributed by atoms with Crippen molar-refractivity contribution in [2.75, 3.05) is 11.5 Å². The summed E-state index contributed by atoms with van der Waals surface area (Å²) in [4.78, 5) is 17.6. The molecule has 1 N–H and O–H groups in total. The number of hydrogen-bond donors (Lipinski definition) is 1. The van der Waals surface area contributed by atoms with Crippen LogP contribution in [0.3, 0.4) is 0 Å². The lowest BCUT2D eigenvalue weighted by molar-refractivity contribution is -0.132. The molecule has 2 atom stereocenters. The summed E-state index contributed by atoms with van der Waals surface area (Å²) in [5.41, 5.74) is 4.76. The minimum absolute atomic E-state index is 0.0185. The smallest absolute Gasteiger partial charge is 0.243 e. The molecule has 7 rings (SSSR count). The highest BCUT2D eigenvalue weighted by atomic mass is 16.6. The number of rotatable bonds is 14. The van der Waals surface area contributed by atoms with Crippen LogP contribution >= 0.6 is 0 Å². The lowest BCUT2D eigenvalue weighted by Gasteiger charge is -2.35.